The fourth-order valence-electron chi connectivity index (χ4n) is 3.42. The lowest BCUT2D eigenvalue weighted by molar-refractivity contribution is 0.448. The maximum Gasteiger partial charge on any atom is 0.0203 e. The highest BCUT2D eigenvalue weighted by atomic mass is 14.4. The summed E-state index contributed by atoms with van der Waals surface area (Å²) in [7, 11) is 0. The lowest BCUT2D eigenvalue weighted by Gasteiger charge is -2.34. The molecule has 97 valence electrons. The van der Waals surface area contributed by atoms with Crippen molar-refractivity contribution >= 4 is 0 Å². The Morgan fingerprint density at radius 3 is 1.79 bits per heavy atom. The molecule has 1 fully saturated rings. The van der Waals surface area contributed by atoms with Crippen molar-refractivity contribution in [2.75, 3.05) is 0 Å². The monoisotopic (exact) mass is 249 g/mol. The second-order valence-electron chi connectivity index (χ2n) is 5.53. The Hall–Kier alpha value is -1.56. The van der Waals surface area contributed by atoms with Crippen molar-refractivity contribution in [3.8, 4) is 0 Å². The van der Waals surface area contributed by atoms with Gasteiger partial charge in [-0.1, -0.05) is 73.5 Å². The summed E-state index contributed by atoms with van der Waals surface area (Å²) in [6.45, 7) is 0. The normalized spacial score (nSPS) is 18.7. The van der Waals surface area contributed by atoms with Gasteiger partial charge in [0, 0.05) is 5.41 Å². The molecule has 2 aromatic carbocycles. The molecule has 1 aliphatic carbocycles. The minimum atomic E-state index is 0.218. The van der Waals surface area contributed by atoms with Gasteiger partial charge in [-0.3, -0.25) is 0 Å². The van der Waals surface area contributed by atoms with Gasteiger partial charge in [0.2, 0.25) is 0 Å². The van der Waals surface area contributed by atoms with E-state index >= 15 is 0 Å². The molecule has 0 nitrogen and oxygen atoms in total. The van der Waals surface area contributed by atoms with E-state index in [1.54, 1.807) is 0 Å². The van der Waals surface area contributed by atoms with Crippen LogP contribution in [0.4, 0.5) is 0 Å². The zero-order chi connectivity index (χ0) is 13.0. The summed E-state index contributed by atoms with van der Waals surface area (Å²) in [6, 6.07) is 22.1. The Kier molecular flexibility index (Phi) is 3.68. The summed E-state index contributed by atoms with van der Waals surface area (Å²) in [5, 5.41) is 0. The van der Waals surface area contributed by atoms with Crippen molar-refractivity contribution in [2.45, 2.75) is 37.5 Å². The van der Waals surface area contributed by atoms with E-state index in [-0.39, 0.29) is 5.41 Å². The molecule has 1 saturated carbocycles. The fourth-order valence-corrected chi connectivity index (χ4v) is 3.42. The van der Waals surface area contributed by atoms with Gasteiger partial charge in [0.05, 0.1) is 0 Å². The zero-order valence-electron chi connectivity index (χ0n) is 11.4. The molecular weight excluding hydrogens is 228 g/mol. The summed E-state index contributed by atoms with van der Waals surface area (Å²) in [4.78, 5) is 0. The topological polar surface area (TPSA) is 0 Å². The van der Waals surface area contributed by atoms with E-state index in [2.05, 4.69) is 67.1 Å². The fraction of sp³-hybridized carbons (Fsp3) is 0.316. The van der Waals surface area contributed by atoms with Crippen LogP contribution in [0.5, 0.6) is 0 Å². The van der Waals surface area contributed by atoms with Crippen LogP contribution in [-0.4, -0.2) is 0 Å². The molecule has 1 radical (unpaired) electrons. The number of benzene rings is 2. The third-order valence-electron chi connectivity index (χ3n) is 4.44. The average Bonchev–Trinajstić information content (AvgIpc) is 2.76. The first-order chi connectivity index (χ1) is 9.42. The molecule has 1 aliphatic rings. The Morgan fingerprint density at radius 2 is 1.21 bits per heavy atom. The number of hydrogen-bond donors (Lipinski definition) is 0. The van der Waals surface area contributed by atoms with Gasteiger partial charge in [-0.2, -0.15) is 0 Å². The Morgan fingerprint density at radius 1 is 0.632 bits per heavy atom. The van der Waals surface area contributed by atoms with Gasteiger partial charge in [0.1, 0.15) is 0 Å². The maximum atomic E-state index is 2.47. The Bertz CT molecular complexity index is 449. The van der Waals surface area contributed by atoms with Crippen molar-refractivity contribution in [1.29, 1.82) is 0 Å². The van der Waals surface area contributed by atoms with Crippen LogP contribution in [0.15, 0.2) is 60.7 Å². The van der Waals surface area contributed by atoms with E-state index in [9.17, 15) is 0 Å². The molecule has 0 unspecified atom stereocenters. The highest BCUT2D eigenvalue weighted by Crippen LogP contribution is 2.43. The van der Waals surface area contributed by atoms with Crippen molar-refractivity contribution in [2.24, 2.45) is 0 Å². The van der Waals surface area contributed by atoms with Crippen molar-refractivity contribution in [3.05, 3.63) is 78.2 Å². The zero-order valence-corrected chi connectivity index (χ0v) is 11.4. The Balaban J connectivity index is 2.09. The van der Waals surface area contributed by atoms with Crippen LogP contribution in [0.1, 0.15) is 43.2 Å². The van der Waals surface area contributed by atoms with Gasteiger partial charge in [0.15, 0.2) is 0 Å². The van der Waals surface area contributed by atoms with Crippen LogP contribution < -0.4 is 0 Å². The minimum Gasteiger partial charge on any atom is -0.0622 e. The number of hydrogen-bond acceptors (Lipinski definition) is 0. The largest absolute Gasteiger partial charge is 0.0622 e. The molecule has 0 aromatic heterocycles. The SMILES string of the molecule is [CH]1CCCC(c2ccccc2)(c2ccccc2)CC1. The van der Waals surface area contributed by atoms with Gasteiger partial charge in [-0.05, 0) is 36.8 Å². The quantitative estimate of drug-likeness (QED) is 0.646. The third kappa shape index (κ3) is 2.45. The number of rotatable bonds is 2. The van der Waals surface area contributed by atoms with E-state index in [0.717, 1.165) is 0 Å². The van der Waals surface area contributed by atoms with Crippen LogP contribution in [-0.2, 0) is 5.41 Å². The van der Waals surface area contributed by atoms with E-state index in [4.69, 9.17) is 0 Å². The molecule has 0 saturated heterocycles. The standard InChI is InChI=1S/C19H21/c1-2-10-16-19(15-9-1,17-11-5-3-6-12-17)18-13-7-4-8-14-18/h1,3-8,11-14H,2,9-10,15-16H2. The summed E-state index contributed by atoms with van der Waals surface area (Å²) >= 11 is 0. The van der Waals surface area contributed by atoms with Gasteiger partial charge in [0.25, 0.3) is 0 Å². The predicted molar refractivity (Wildman–Crippen MR) is 81.0 cm³/mol. The molecule has 0 heterocycles. The summed E-state index contributed by atoms with van der Waals surface area (Å²) in [5.74, 6) is 0. The van der Waals surface area contributed by atoms with Crippen LogP contribution in [0, 0.1) is 6.42 Å². The van der Waals surface area contributed by atoms with Crippen molar-refractivity contribution < 1.29 is 0 Å². The molecule has 3 rings (SSSR count). The van der Waals surface area contributed by atoms with E-state index in [0.29, 0.717) is 0 Å². The van der Waals surface area contributed by atoms with Gasteiger partial charge >= 0.3 is 0 Å². The molecule has 2 aromatic rings. The second kappa shape index (κ2) is 5.61. The molecule has 0 heteroatoms. The second-order valence-corrected chi connectivity index (χ2v) is 5.53. The average molecular weight is 249 g/mol. The molecule has 0 amide bonds. The van der Waals surface area contributed by atoms with Crippen LogP contribution in [0.2, 0.25) is 0 Å². The highest BCUT2D eigenvalue weighted by molar-refractivity contribution is 5.39. The molecule has 0 spiro atoms. The first kappa shape index (κ1) is 12.5. The van der Waals surface area contributed by atoms with Crippen molar-refractivity contribution in [3.63, 3.8) is 0 Å². The van der Waals surface area contributed by atoms with Crippen molar-refractivity contribution in [1.82, 2.24) is 0 Å². The van der Waals surface area contributed by atoms with Crippen LogP contribution in [0.25, 0.3) is 0 Å². The lowest BCUT2D eigenvalue weighted by Crippen LogP contribution is -2.27. The van der Waals surface area contributed by atoms with Gasteiger partial charge in [-0.25, -0.2) is 0 Å². The first-order valence-electron chi connectivity index (χ1n) is 7.34. The van der Waals surface area contributed by atoms with E-state index in [1.807, 2.05) is 0 Å². The highest BCUT2D eigenvalue weighted by Gasteiger charge is 2.34. The summed E-state index contributed by atoms with van der Waals surface area (Å²) in [5.41, 5.74) is 3.18. The van der Waals surface area contributed by atoms with Gasteiger partial charge in [-0.15, -0.1) is 0 Å². The smallest absolute Gasteiger partial charge is 0.0203 e. The first-order valence-corrected chi connectivity index (χ1v) is 7.34. The predicted octanol–water partition coefficient (Wildman–Crippen LogP) is 5.14. The molecule has 0 N–H and O–H groups in total. The minimum absolute atomic E-state index is 0.218. The molecule has 19 heavy (non-hydrogen) atoms. The molecule has 0 bridgehead atoms. The molecular formula is C19H21. The summed E-state index contributed by atoms with van der Waals surface area (Å²) in [6.07, 6.45) is 8.75. The lowest BCUT2D eigenvalue weighted by atomic mass is 9.69. The Labute approximate surface area is 116 Å². The van der Waals surface area contributed by atoms with Gasteiger partial charge < -0.3 is 0 Å². The molecule has 0 atom stereocenters. The third-order valence-corrected chi connectivity index (χ3v) is 4.44. The van der Waals surface area contributed by atoms with Crippen LogP contribution >= 0.6 is 0 Å². The molecule has 0 aliphatic heterocycles. The maximum absolute atomic E-state index is 2.47. The summed E-state index contributed by atoms with van der Waals surface area (Å²) < 4.78 is 0. The van der Waals surface area contributed by atoms with Crippen LogP contribution in [0.3, 0.4) is 0 Å². The van der Waals surface area contributed by atoms with E-state index in [1.165, 1.54) is 43.2 Å². The van der Waals surface area contributed by atoms with E-state index < -0.39 is 0 Å².